The van der Waals surface area contributed by atoms with E-state index < -0.39 is 11.7 Å². The molecule has 4 rings (SSSR count). The van der Waals surface area contributed by atoms with Crippen LogP contribution in [0.1, 0.15) is 42.6 Å². The van der Waals surface area contributed by atoms with Crippen LogP contribution in [0.3, 0.4) is 0 Å². The van der Waals surface area contributed by atoms with Crippen LogP contribution in [0.15, 0.2) is 33.6 Å². The predicted molar refractivity (Wildman–Crippen MR) is 91.9 cm³/mol. The van der Waals surface area contributed by atoms with Crippen molar-refractivity contribution in [3.63, 3.8) is 0 Å². The van der Waals surface area contributed by atoms with Crippen LogP contribution in [-0.4, -0.2) is 27.1 Å². The number of rotatable bonds is 4. The van der Waals surface area contributed by atoms with E-state index in [0.29, 0.717) is 31.8 Å². The summed E-state index contributed by atoms with van der Waals surface area (Å²) >= 11 is 0. The van der Waals surface area contributed by atoms with E-state index in [1.807, 2.05) is 6.07 Å². The molecule has 0 atom stereocenters. The molecule has 0 unspecified atom stereocenters. The molecule has 0 bridgehead atoms. The standard InChI is InChI=1S/C19H23F2N3O2/c20-19(21)8-5-14(6-9-19)11-24-17(22-26-18(24)25)13-23-10-7-15-3-1-2-4-16(15)12-23/h1-4,14H,5-13H2. The van der Waals surface area contributed by atoms with Gasteiger partial charge in [-0.05, 0) is 36.3 Å². The third-order valence-electron chi connectivity index (χ3n) is 5.61. The SMILES string of the molecule is O=c1onc(CN2CCc3ccccc3C2)n1CC1CCC(F)(F)CC1. The van der Waals surface area contributed by atoms with Crippen molar-refractivity contribution in [3.05, 3.63) is 51.8 Å². The van der Waals surface area contributed by atoms with Gasteiger partial charge in [-0.15, -0.1) is 0 Å². The number of aromatic nitrogens is 2. The first kappa shape index (κ1) is 17.4. The summed E-state index contributed by atoms with van der Waals surface area (Å²) in [6.45, 7) is 2.65. The highest BCUT2D eigenvalue weighted by Gasteiger charge is 2.35. The molecular weight excluding hydrogens is 340 g/mol. The second-order valence-electron chi connectivity index (χ2n) is 7.50. The Labute approximate surface area is 150 Å². The Balaban J connectivity index is 1.43. The van der Waals surface area contributed by atoms with Gasteiger partial charge in [0.1, 0.15) is 0 Å². The van der Waals surface area contributed by atoms with Gasteiger partial charge in [0.05, 0.1) is 6.54 Å². The zero-order valence-corrected chi connectivity index (χ0v) is 14.7. The Morgan fingerprint density at radius 2 is 1.92 bits per heavy atom. The maximum Gasteiger partial charge on any atom is 0.441 e. The Hall–Kier alpha value is -2.02. The van der Waals surface area contributed by atoms with Gasteiger partial charge in [-0.3, -0.25) is 14.0 Å². The molecule has 0 saturated heterocycles. The third kappa shape index (κ3) is 3.72. The zero-order valence-electron chi connectivity index (χ0n) is 14.7. The van der Waals surface area contributed by atoms with Gasteiger partial charge in [-0.25, -0.2) is 13.6 Å². The predicted octanol–water partition coefficient (Wildman–Crippen LogP) is 3.22. The molecule has 1 aliphatic heterocycles. The molecule has 1 fully saturated rings. The second kappa shape index (κ2) is 6.95. The van der Waals surface area contributed by atoms with Crippen molar-refractivity contribution < 1.29 is 13.3 Å². The van der Waals surface area contributed by atoms with Crippen molar-refractivity contribution in [1.82, 2.24) is 14.6 Å². The largest absolute Gasteiger partial charge is 0.441 e. The maximum atomic E-state index is 13.3. The van der Waals surface area contributed by atoms with Crippen LogP contribution in [0.5, 0.6) is 0 Å². The average molecular weight is 363 g/mol. The van der Waals surface area contributed by atoms with Crippen LogP contribution >= 0.6 is 0 Å². The lowest BCUT2D eigenvalue weighted by molar-refractivity contribution is -0.0475. The van der Waals surface area contributed by atoms with Gasteiger partial charge < -0.3 is 0 Å². The average Bonchev–Trinajstić information content (AvgIpc) is 2.96. The molecule has 140 valence electrons. The number of fused-ring (bicyclic) bond motifs is 1. The number of alkyl halides is 2. The topological polar surface area (TPSA) is 51.3 Å². The molecule has 0 N–H and O–H groups in total. The van der Waals surface area contributed by atoms with Gasteiger partial charge in [-0.2, -0.15) is 0 Å². The fourth-order valence-corrected chi connectivity index (χ4v) is 4.02. The quantitative estimate of drug-likeness (QED) is 0.837. The summed E-state index contributed by atoms with van der Waals surface area (Å²) in [7, 11) is 0. The first-order chi connectivity index (χ1) is 12.5. The van der Waals surface area contributed by atoms with E-state index in [-0.39, 0.29) is 18.8 Å². The van der Waals surface area contributed by atoms with Crippen LogP contribution in [-0.2, 0) is 26.1 Å². The van der Waals surface area contributed by atoms with E-state index in [4.69, 9.17) is 4.52 Å². The van der Waals surface area contributed by atoms with Crippen LogP contribution in [0.2, 0.25) is 0 Å². The molecule has 1 aromatic carbocycles. The van der Waals surface area contributed by atoms with Gasteiger partial charge in [0.15, 0.2) is 5.82 Å². The van der Waals surface area contributed by atoms with E-state index in [9.17, 15) is 13.6 Å². The van der Waals surface area contributed by atoms with Crippen molar-refractivity contribution in [3.8, 4) is 0 Å². The number of nitrogens with zero attached hydrogens (tertiary/aromatic N) is 3. The van der Waals surface area contributed by atoms with Gasteiger partial charge in [0.25, 0.3) is 0 Å². The molecule has 0 spiro atoms. The molecule has 26 heavy (non-hydrogen) atoms. The molecular formula is C19H23F2N3O2. The Bertz CT molecular complexity index is 820. The summed E-state index contributed by atoms with van der Waals surface area (Å²) in [4.78, 5) is 14.3. The van der Waals surface area contributed by atoms with E-state index in [1.165, 1.54) is 15.7 Å². The molecule has 1 aliphatic carbocycles. The van der Waals surface area contributed by atoms with Gasteiger partial charge in [0, 0.05) is 32.5 Å². The molecule has 2 aromatic rings. The highest BCUT2D eigenvalue weighted by molar-refractivity contribution is 5.29. The molecule has 7 heteroatoms. The smallest absolute Gasteiger partial charge is 0.296 e. The summed E-state index contributed by atoms with van der Waals surface area (Å²) in [6.07, 6.45) is 1.63. The van der Waals surface area contributed by atoms with Crippen molar-refractivity contribution >= 4 is 0 Å². The first-order valence-electron chi connectivity index (χ1n) is 9.22. The monoisotopic (exact) mass is 363 g/mol. The summed E-state index contributed by atoms with van der Waals surface area (Å²) in [5.41, 5.74) is 2.66. The number of hydrogen-bond acceptors (Lipinski definition) is 4. The minimum absolute atomic E-state index is 0.0764. The normalized spacial score (nSPS) is 20.8. The number of hydrogen-bond donors (Lipinski definition) is 0. The van der Waals surface area contributed by atoms with E-state index in [1.54, 1.807) is 0 Å². The highest BCUT2D eigenvalue weighted by atomic mass is 19.3. The molecule has 0 amide bonds. The number of halogens is 2. The summed E-state index contributed by atoms with van der Waals surface area (Å²) in [5, 5.41) is 3.95. The lowest BCUT2D eigenvalue weighted by Gasteiger charge is -2.29. The molecule has 1 aromatic heterocycles. The summed E-state index contributed by atoms with van der Waals surface area (Å²) < 4.78 is 33.1. The van der Waals surface area contributed by atoms with Gasteiger partial charge in [-0.1, -0.05) is 29.4 Å². The van der Waals surface area contributed by atoms with E-state index in [2.05, 4.69) is 28.3 Å². The van der Waals surface area contributed by atoms with Crippen molar-refractivity contribution in [1.29, 1.82) is 0 Å². The van der Waals surface area contributed by atoms with E-state index >= 15 is 0 Å². The lowest BCUT2D eigenvalue weighted by Crippen LogP contribution is -2.33. The van der Waals surface area contributed by atoms with Gasteiger partial charge >= 0.3 is 5.76 Å². The van der Waals surface area contributed by atoms with Gasteiger partial charge in [0.2, 0.25) is 5.92 Å². The maximum absolute atomic E-state index is 13.3. The van der Waals surface area contributed by atoms with E-state index in [0.717, 1.165) is 19.5 Å². The fraction of sp³-hybridized carbons (Fsp3) is 0.579. The van der Waals surface area contributed by atoms with Crippen molar-refractivity contribution in [2.45, 2.75) is 57.7 Å². The minimum Gasteiger partial charge on any atom is -0.296 e. The molecule has 2 heterocycles. The van der Waals surface area contributed by atoms with Crippen LogP contribution in [0.25, 0.3) is 0 Å². The lowest BCUT2D eigenvalue weighted by atomic mass is 9.87. The Morgan fingerprint density at radius 1 is 1.19 bits per heavy atom. The zero-order chi connectivity index (χ0) is 18.1. The summed E-state index contributed by atoms with van der Waals surface area (Å²) in [5.74, 6) is -2.38. The minimum atomic E-state index is -2.56. The second-order valence-corrected chi connectivity index (χ2v) is 7.50. The Morgan fingerprint density at radius 3 is 2.69 bits per heavy atom. The third-order valence-corrected chi connectivity index (χ3v) is 5.61. The first-order valence-corrected chi connectivity index (χ1v) is 9.22. The van der Waals surface area contributed by atoms with Crippen LogP contribution in [0.4, 0.5) is 8.78 Å². The molecule has 0 radical (unpaired) electrons. The molecule has 1 saturated carbocycles. The Kier molecular flexibility index (Phi) is 4.65. The van der Waals surface area contributed by atoms with Crippen LogP contribution in [0, 0.1) is 5.92 Å². The summed E-state index contributed by atoms with van der Waals surface area (Å²) in [6, 6.07) is 8.36. The fourth-order valence-electron chi connectivity index (χ4n) is 4.02. The highest BCUT2D eigenvalue weighted by Crippen LogP contribution is 2.36. The number of benzene rings is 1. The molecule has 2 aliphatic rings. The van der Waals surface area contributed by atoms with Crippen molar-refractivity contribution in [2.75, 3.05) is 6.54 Å². The van der Waals surface area contributed by atoms with Crippen molar-refractivity contribution in [2.24, 2.45) is 5.92 Å². The van der Waals surface area contributed by atoms with Crippen LogP contribution < -0.4 is 5.76 Å². The molecule has 5 nitrogen and oxygen atoms in total.